The molecule has 3 rings (SSSR count). The second-order valence-corrected chi connectivity index (χ2v) is 7.91. The molecule has 1 N–H and O–H groups in total. The SMILES string of the molecule is CCN(CC)C(=O)c1ccc(NC(=O)CN2C(=O)CC3(CCCCC3)C2=O)cc1. The van der Waals surface area contributed by atoms with Crippen LogP contribution in [0.25, 0.3) is 0 Å². The Morgan fingerprint density at radius 3 is 2.24 bits per heavy atom. The number of nitrogens with one attached hydrogen (secondary N) is 1. The van der Waals surface area contributed by atoms with E-state index in [0.717, 1.165) is 37.0 Å². The molecule has 0 bridgehead atoms. The van der Waals surface area contributed by atoms with Gasteiger partial charge in [-0.1, -0.05) is 19.3 Å². The van der Waals surface area contributed by atoms with E-state index in [4.69, 9.17) is 0 Å². The van der Waals surface area contributed by atoms with Gasteiger partial charge in [-0.2, -0.15) is 0 Å². The fourth-order valence-electron chi connectivity index (χ4n) is 4.37. The fraction of sp³-hybridized carbons (Fsp3) is 0.545. The summed E-state index contributed by atoms with van der Waals surface area (Å²) in [5.74, 6) is -0.925. The molecule has 1 aliphatic carbocycles. The molecule has 1 aromatic rings. The van der Waals surface area contributed by atoms with E-state index in [-0.39, 0.29) is 30.7 Å². The van der Waals surface area contributed by atoms with Crippen LogP contribution in [0, 0.1) is 5.41 Å². The molecular formula is C22H29N3O4. The lowest BCUT2D eigenvalue weighted by Gasteiger charge is -2.30. The van der Waals surface area contributed by atoms with E-state index in [1.54, 1.807) is 29.2 Å². The topological polar surface area (TPSA) is 86.8 Å². The van der Waals surface area contributed by atoms with E-state index in [1.807, 2.05) is 13.8 Å². The third-order valence-electron chi connectivity index (χ3n) is 6.07. The molecule has 1 saturated heterocycles. The molecule has 1 spiro atoms. The summed E-state index contributed by atoms with van der Waals surface area (Å²) < 4.78 is 0. The number of rotatable bonds is 6. The quantitative estimate of drug-likeness (QED) is 0.745. The van der Waals surface area contributed by atoms with E-state index in [1.165, 1.54) is 0 Å². The lowest BCUT2D eigenvalue weighted by atomic mass is 9.73. The summed E-state index contributed by atoms with van der Waals surface area (Å²) in [5.41, 5.74) is 0.496. The second-order valence-electron chi connectivity index (χ2n) is 7.91. The zero-order valence-corrected chi connectivity index (χ0v) is 17.2. The van der Waals surface area contributed by atoms with Crippen molar-refractivity contribution in [1.82, 2.24) is 9.80 Å². The number of amides is 4. The second kappa shape index (κ2) is 8.76. The molecule has 7 heteroatoms. The van der Waals surface area contributed by atoms with Crippen LogP contribution in [0.2, 0.25) is 0 Å². The van der Waals surface area contributed by atoms with Gasteiger partial charge in [0.1, 0.15) is 6.54 Å². The molecule has 0 aromatic heterocycles. The molecule has 2 aliphatic rings. The molecule has 2 fully saturated rings. The molecule has 0 unspecified atom stereocenters. The van der Waals surface area contributed by atoms with Crippen molar-refractivity contribution in [2.75, 3.05) is 25.0 Å². The number of anilines is 1. The summed E-state index contributed by atoms with van der Waals surface area (Å²) in [6.07, 6.45) is 4.70. The van der Waals surface area contributed by atoms with Crippen molar-refractivity contribution in [2.45, 2.75) is 52.4 Å². The zero-order chi connectivity index (χ0) is 21.0. The molecule has 0 atom stereocenters. The Hall–Kier alpha value is -2.70. The summed E-state index contributed by atoms with van der Waals surface area (Å²) in [6.45, 7) is 4.85. The van der Waals surface area contributed by atoms with Gasteiger partial charge in [-0.25, -0.2) is 0 Å². The number of carbonyl (C=O) groups is 4. The van der Waals surface area contributed by atoms with Gasteiger partial charge in [-0.3, -0.25) is 24.1 Å². The Balaban J connectivity index is 1.60. The van der Waals surface area contributed by atoms with Crippen LogP contribution in [0.3, 0.4) is 0 Å². The molecular weight excluding hydrogens is 370 g/mol. The molecule has 7 nitrogen and oxygen atoms in total. The highest BCUT2D eigenvalue weighted by atomic mass is 16.2. The Morgan fingerprint density at radius 2 is 1.66 bits per heavy atom. The Morgan fingerprint density at radius 1 is 1.03 bits per heavy atom. The number of hydrogen-bond donors (Lipinski definition) is 1. The number of benzene rings is 1. The largest absolute Gasteiger partial charge is 0.339 e. The lowest BCUT2D eigenvalue weighted by molar-refractivity contribution is -0.144. The van der Waals surface area contributed by atoms with Gasteiger partial charge in [0.15, 0.2) is 0 Å². The summed E-state index contributed by atoms with van der Waals surface area (Å²) in [4.78, 5) is 52.8. The number of carbonyl (C=O) groups excluding carboxylic acids is 4. The van der Waals surface area contributed by atoms with Gasteiger partial charge < -0.3 is 10.2 Å². The highest BCUT2D eigenvalue weighted by Gasteiger charge is 2.51. The maximum atomic E-state index is 12.8. The van der Waals surface area contributed by atoms with Crippen molar-refractivity contribution in [1.29, 1.82) is 0 Å². The van der Waals surface area contributed by atoms with Crippen LogP contribution in [0.5, 0.6) is 0 Å². The monoisotopic (exact) mass is 399 g/mol. The van der Waals surface area contributed by atoms with Gasteiger partial charge >= 0.3 is 0 Å². The average Bonchev–Trinajstić information content (AvgIpc) is 2.93. The summed E-state index contributed by atoms with van der Waals surface area (Å²) in [5, 5.41) is 2.71. The zero-order valence-electron chi connectivity index (χ0n) is 17.2. The first kappa shape index (κ1) is 21.0. The van der Waals surface area contributed by atoms with Crippen LogP contribution in [-0.2, 0) is 14.4 Å². The van der Waals surface area contributed by atoms with Gasteiger partial charge in [0.05, 0.1) is 5.41 Å². The molecule has 156 valence electrons. The average molecular weight is 399 g/mol. The van der Waals surface area contributed by atoms with Crippen LogP contribution in [0.4, 0.5) is 5.69 Å². The normalized spacial score (nSPS) is 18.2. The van der Waals surface area contributed by atoms with E-state index in [2.05, 4.69) is 5.32 Å². The third-order valence-corrected chi connectivity index (χ3v) is 6.07. The minimum Gasteiger partial charge on any atom is -0.339 e. The minimum atomic E-state index is -0.581. The van der Waals surface area contributed by atoms with Crippen molar-refractivity contribution < 1.29 is 19.2 Å². The van der Waals surface area contributed by atoms with Crippen molar-refractivity contribution in [3.63, 3.8) is 0 Å². The number of imide groups is 1. The Kier molecular flexibility index (Phi) is 6.35. The van der Waals surface area contributed by atoms with E-state index < -0.39 is 11.3 Å². The van der Waals surface area contributed by atoms with Crippen molar-refractivity contribution in [3.05, 3.63) is 29.8 Å². The standard InChI is InChI=1S/C22H29N3O4/c1-3-24(4-2)20(28)16-8-10-17(11-9-16)23-18(26)15-25-19(27)14-22(21(25)29)12-6-5-7-13-22/h8-11H,3-7,12-15H2,1-2H3,(H,23,26). The van der Waals surface area contributed by atoms with E-state index in [0.29, 0.717) is 24.3 Å². The molecule has 1 heterocycles. The van der Waals surface area contributed by atoms with Crippen LogP contribution in [-0.4, -0.2) is 53.1 Å². The molecule has 29 heavy (non-hydrogen) atoms. The van der Waals surface area contributed by atoms with Gasteiger partial charge in [0, 0.05) is 30.8 Å². The highest BCUT2D eigenvalue weighted by molar-refractivity contribution is 6.09. The van der Waals surface area contributed by atoms with Crippen LogP contribution in [0.1, 0.15) is 62.7 Å². The summed E-state index contributed by atoms with van der Waals surface area (Å²) >= 11 is 0. The minimum absolute atomic E-state index is 0.0566. The maximum absolute atomic E-state index is 12.8. The highest BCUT2D eigenvalue weighted by Crippen LogP contribution is 2.45. The Labute approximate surface area is 171 Å². The van der Waals surface area contributed by atoms with Crippen LogP contribution in [0.15, 0.2) is 24.3 Å². The van der Waals surface area contributed by atoms with Gasteiger partial charge in [0.25, 0.3) is 5.91 Å². The third kappa shape index (κ3) is 4.33. The van der Waals surface area contributed by atoms with Crippen molar-refractivity contribution in [3.8, 4) is 0 Å². The summed E-state index contributed by atoms with van der Waals surface area (Å²) in [6, 6.07) is 6.65. The molecule has 1 aliphatic heterocycles. The van der Waals surface area contributed by atoms with E-state index >= 15 is 0 Å². The fourth-order valence-corrected chi connectivity index (χ4v) is 4.37. The number of hydrogen-bond acceptors (Lipinski definition) is 4. The molecule has 4 amide bonds. The van der Waals surface area contributed by atoms with Crippen LogP contribution >= 0.6 is 0 Å². The lowest BCUT2D eigenvalue weighted by Crippen LogP contribution is -2.41. The maximum Gasteiger partial charge on any atom is 0.253 e. The predicted molar refractivity (Wildman–Crippen MR) is 109 cm³/mol. The van der Waals surface area contributed by atoms with Gasteiger partial charge in [-0.15, -0.1) is 0 Å². The first-order valence-electron chi connectivity index (χ1n) is 10.4. The van der Waals surface area contributed by atoms with Crippen molar-refractivity contribution >= 4 is 29.3 Å². The Bertz CT molecular complexity index is 793. The number of nitrogens with zero attached hydrogens (tertiary/aromatic N) is 2. The molecule has 0 radical (unpaired) electrons. The van der Waals surface area contributed by atoms with E-state index in [9.17, 15) is 19.2 Å². The molecule has 1 aromatic carbocycles. The van der Waals surface area contributed by atoms with Crippen LogP contribution < -0.4 is 5.32 Å². The summed E-state index contributed by atoms with van der Waals surface area (Å²) in [7, 11) is 0. The van der Waals surface area contributed by atoms with Crippen molar-refractivity contribution in [2.24, 2.45) is 5.41 Å². The van der Waals surface area contributed by atoms with Gasteiger partial charge in [0.2, 0.25) is 17.7 Å². The smallest absolute Gasteiger partial charge is 0.253 e. The predicted octanol–water partition coefficient (Wildman–Crippen LogP) is 2.82. The first-order valence-corrected chi connectivity index (χ1v) is 10.4. The molecule has 1 saturated carbocycles. The van der Waals surface area contributed by atoms with Gasteiger partial charge in [-0.05, 0) is 51.0 Å². The first-order chi connectivity index (χ1) is 13.9. The number of likely N-dealkylation sites (tertiary alicyclic amines) is 1.